The first-order valence-corrected chi connectivity index (χ1v) is 5.95. The average Bonchev–Trinajstić information content (AvgIpc) is 2.10. The highest BCUT2D eigenvalue weighted by Crippen LogP contribution is 2.25. The van der Waals surface area contributed by atoms with Crippen molar-refractivity contribution >= 4 is 0 Å². The molecular weight excluding hydrogens is 186 g/mol. The number of rotatable bonds is 6. The van der Waals surface area contributed by atoms with Gasteiger partial charge in [-0.1, -0.05) is 20.8 Å². The summed E-state index contributed by atoms with van der Waals surface area (Å²) < 4.78 is 5.42. The fourth-order valence-corrected chi connectivity index (χ4v) is 1.84. The Morgan fingerprint density at radius 1 is 1.13 bits per heavy atom. The van der Waals surface area contributed by atoms with Gasteiger partial charge in [0.15, 0.2) is 0 Å². The van der Waals surface area contributed by atoms with Crippen molar-refractivity contribution in [2.45, 2.75) is 65.5 Å². The van der Waals surface area contributed by atoms with Gasteiger partial charge in [0.25, 0.3) is 0 Å². The van der Waals surface area contributed by atoms with E-state index in [9.17, 15) is 0 Å². The lowest BCUT2D eigenvalue weighted by atomic mass is 9.83. The third kappa shape index (κ3) is 6.16. The molecule has 15 heavy (non-hydrogen) atoms. The summed E-state index contributed by atoms with van der Waals surface area (Å²) >= 11 is 0. The lowest BCUT2D eigenvalue weighted by Gasteiger charge is -2.31. The van der Waals surface area contributed by atoms with Gasteiger partial charge < -0.3 is 10.1 Å². The lowest BCUT2D eigenvalue weighted by molar-refractivity contribution is 0.0122. The van der Waals surface area contributed by atoms with Gasteiger partial charge >= 0.3 is 0 Å². The lowest BCUT2D eigenvalue weighted by Crippen LogP contribution is -2.38. The van der Waals surface area contributed by atoms with Crippen molar-refractivity contribution < 1.29 is 4.74 Å². The van der Waals surface area contributed by atoms with Crippen LogP contribution in [0, 0.1) is 5.41 Å². The number of ether oxygens (including phenoxy) is 1. The Bertz CT molecular complexity index is 170. The zero-order valence-electron chi connectivity index (χ0n) is 11.6. The van der Waals surface area contributed by atoms with Gasteiger partial charge in [0.05, 0.1) is 5.60 Å². The highest BCUT2D eigenvalue weighted by Gasteiger charge is 2.23. The Labute approximate surface area is 95.8 Å². The van der Waals surface area contributed by atoms with Crippen molar-refractivity contribution in [2.75, 3.05) is 14.2 Å². The fraction of sp³-hybridized carbons (Fsp3) is 1.00. The molecule has 0 fully saturated rings. The van der Waals surface area contributed by atoms with E-state index in [1.54, 1.807) is 7.11 Å². The van der Waals surface area contributed by atoms with Crippen molar-refractivity contribution in [3.63, 3.8) is 0 Å². The molecule has 0 saturated heterocycles. The van der Waals surface area contributed by atoms with E-state index in [-0.39, 0.29) is 5.60 Å². The molecule has 0 aliphatic carbocycles. The van der Waals surface area contributed by atoms with Crippen LogP contribution in [-0.4, -0.2) is 25.8 Å². The minimum Gasteiger partial charge on any atom is -0.379 e. The van der Waals surface area contributed by atoms with Crippen LogP contribution in [0.3, 0.4) is 0 Å². The van der Waals surface area contributed by atoms with Gasteiger partial charge in [-0.3, -0.25) is 0 Å². The Kier molecular flexibility index (Phi) is 5.82. The molecular formula is C13H29NO. The Balaban J connectivity index is 3.94. The van der Waals surface area contributed by atoms with Crippen molar-refractivity contribution in [1.82, 2.24) is 5.32 Å². The molecule has 0 aromatic heterocycles. The molecule has 1 atom stereocenters. The van der Waals surface area contributed by atoms with E-state index in [0.717, 1.165) is 6.42 Å². The van der Waals surface area contributed by atoms with Gasteiger partial charge in [-0.25, -0.2) is 0 Å². The molecule has 0 aromatic rings. The average molecular weight is 215 g/mol. The predicted molar refractivity (Wildman–Crippen MR) is 67.2 cm³/mol. The molecule has 0 bridgehead atoms. The smallest absolute Gasteiger partial charge is 0.0622 e. The minimum atomic E-state index is 0.0240. The van der Waals surface area contributed by atoms with Crippen molar-refractivity contribution in [3.8, 4) is 0 Å². The van der Waals surface area contributed by atoms with Gasteiger partial charge in [-0.2, -0.15) is 0 Å². The van der Waals surface area contributed by atoms with Crippen LogP contribution in [0.25, 0.3) is 0 Å². The molecule has 0 aliphatic rings. The molecule has 0 rings (SSSR count). The summed E-state index contributed by atoms with van der Waals surface area (Å²) in [5, 5.41) is 3.41. The van der Waals surface area contributed by atoms with Crippen LogP contribution in [0.15, 0.2) is 0 Å². The van der Waals surface area contributed by atoms with E-state index in [1.165, 1.54) is 12.8 Å². The number of methoxy groups -OCH3 is 1. The van der Waals surface area contributed by atoms with E-state index in [1.807, 2.05) is 0 Å². The normalized spacial score (nSPS) is 15.4. The summed E-state index contributed by atoms with van der Waals surface area (Å²) in [5.74, 6) is 0. The molecule has 2 heteroatoms. The second-order valence-corrected chi connectivity index (χ2v) is 6.06. The van der Waals surface area contributed by atoms with Crippen LogP contribution < -0.4 is 5.32 Å². The Morgan fingerprint density at radius 2 is 1.67 bits per heavy atom. The SMILES string of the molecule is CNC(CCCC(C)(C)OC)C(C)(C)C. The maximum Gasteiger partial charge on any atom is 0.0622 e. The quantitative estimate of drug-likeness (QED) is 0.734. The van der Waals surface area contributed by atoms with Crippen LogP contribution in [0.5, 0.6) is 0 Å². The monoisotopic (exact) mass is 215 g/mol. The Morgan fingerprint density at radius 3 is 2.00 bits per heavy atom. The highest BCUT2D eigenvalue weighted by atomic mass is 16.5. The van der Waals surface area contributed by atoms with Gasteiger partial charge in [0.1, 0.15) is 0 Å². The predicted octanol–water partition coefficient (Wildman–Crippen LogP) is 3.22. The summed E-state index contributed by atoms with van der Waals surface area (Å²) in [4.78, 5) is 0. The minimum absolute atomic E-state index is 0.0240. The molecule has 92 valence electrons. The van der Waals surface area contributed by atoms with Crippen molar-refractivity contribution in [2.24, 2.45) is 5.41 Å². The molecule has 0 radical (unpaired) electrons. The van der Waals surface area contributed by atoms with Gasteiger partial charge in [-0.05, 0) is 45.6 Å². The van der Waals surface area contributed by atoms with Crippen LogP contribution in [0.4, 0.5) is 0 Å². The molecule has 1 unspecified atom stereocenters. The molecule has 0 spiro atoms. The first kappa shape index (κ1) is 14.9. The topological polar surface area (TPSA) is 21.3 Å². The van der Waals surface area contributed by atoms with Gasteiger partial charge in [-0.15, -0.1) is 0 Å². The maximum absolute atomic E-state index is 5.42. The van der Waals surface area contributed by atoms with E-state index in [0.29, 0.717) is 11.5 Å². The number of hydrogen-bond acceptors (Lipinski definition) is 2. The summed E-state index contributed by atoms with van der Waals surface area (Å²) in [6.07, 6.45) is 3.55. The van der Waals surface area contributed by atoms with Crippen molar-refractivity contribution in [3.05, 3.63) is 0 Å². The molecule has 0 aromatic carbocycles. The second kappa shape index (κ2) is 5.86. The molecule has 0 saturated carbocycles. The standard InChI is InChI=1S/C13H29NO/c1-12(2,3)11(14-6)9-8-10-13(4,5)15-7/h11,14H,8-10H2,1-7H3. The zero-order valence-corrected chi connectivity index (χ0v) is 11.6. The van der Waals surface area contributed by atoms with Crippen LogP contribution in [0.2, 0.25) is 0 Å². The Hall–Kier alpha value is -0.0800. The van der Waals surface area contributed by atoms with E-state index in [2.05, 4.69) is 47.0 Å². The third-order valence-electron chi connectivity index (χ3n) is 3.22. The molecule has 2 nitrogen and oxygen atoms in total. The van der Waals surface area contributed by atoms with E-state index < -0.39 is 0 Å². The molecule has 0 amide bonds. The second-order valence-electron chi connectivity index (χ2n) is 6.06. The van der Waals surface area contributed by atoms with Crippen LogP contribution >= 0.6 is 0 Å². The van der Waals surface area contributed by atoms with Crippen LogP contribution in [0.1, 0.15) is 53.9 Å². The van der Waals surface area contributed by atoms with Crippen molar-refractivity contribution in [1.29, 1.82) is 0 Å². The third-order valence-corrected chi connectivity index (χ3v) is 3.22. The van der Waals surface area contributed by atoms with E-state index in [4.69, 9.17) is 4.74 Å². The molecule has 0 aliphatic heterocycles. The summed E-state index contributed by atoms with van der Waals surface area (Å²) in [7, 11) is 3.84. The fourth-order valence-electron chi connectivity index (χ4n) is 1.84. The van der Waals surface area contributed by atoms with Gasteiger partial charge in [0.2, 0.25) is 0 Å². The zero-order chi connectivity index (χ0) is 12.1. The first-order valence-electron chi connectivity index (χ1n) is 5.95. The maximum atomic E-state index is 5.42. The molecule has 1 N–H and O–H groups in total. The number of hydrogen-bond donors (Lipinski definition) is 1. The van der Waals surface area contributed by atoms with E-state index >= 15 is 0 Å². The largest absolute Gasteiger partial charge is 0.379 e. The molecule has 0 heterocycles. The summed E-state index contributed by atoms with van der Waals surface area (Å²) in [6, 6.07) is 0.588. The highest BCUT2D eigenvalue weighted by molar-refractivity contribution is 4.80. The summed E-state index contributed by atoms with van der Waals surface area (Å²) in [6.45, 7) is 11.2. The number of nitrogens with one attached hydrogen (secondary N) is 1. The van der Waals surface area contributed by atoms with Crippen LogP contribution in [-0.2, 0) is 4.74 Å². The summed E-state index contributed by atoms with van der Waals surface area (Å²) in [5.41, 5.74) is 0.363. The first-order chi connectivity index (χ1) is 6.73. The van der Waals surface area contributed by atoms with Gasteiger partial charge in [0, 0.05) is 13.2 Å².